The maximum Gasteiger partial charge on any atom is 0.0326 e. The molecule has 0 saturated carbocycles. The van der Waals surface area contributed by atoms with Crippen LogP contribution in [-0.2, 0) is 12.8 Å². The molecule has 0 saturated heterocycles. The van der Waals surface area contributed by atoms with Crippen LogP contribution in [0.4, 0.5) is 0 Å². The summed E-state index contributed by atoms with van der Waals surface area (Å²) < 4.78 is 0. The zero-order chi connectivity index (χ0) is 12.2. The van der Waals surface area contributed by atoms with E-state index in [0.717, 1.165) is 19.4 Å². The van der Waals surface area contributed by atoms with Crippen molar-refractivity contribution in [1.82, 2.24) is 5.32 Å². The summed E-state index contributed by atoms with van der Waals surface area (Å²) in [6.45, 7) is 1.11. The number of benzene rings is 2. The zero-order valence-corrected chi connectivity index (χ0v) is 10.6. The van der Waals surface area contributed by atoms with Crippen molar-refractivity contribution in [3.63, 3.8) is 0 Å². The number of hydrogen-bond donors (Lipinski definition) is 1. The second-order valence-electron chi connectivity index (χ2n) is 4.98. The van der Waals surface area contributed by atoms with Crippen LogP contribution in [0.25, 0.3) is 0 Å². The van der Waals surface area contributed by atoms with Gasteiger partial charge in [-0.05, 0) is 42.5 Å². The van der Waals surface area contributed by atoms with Crippen LogP contribution in [0, 0.1) is 0 Å². The third kappa shape index (κ3) is 2.46. The van der Waals surface area contributed by atoms with Crippen LogP contribution in [0.5, 0.6) is 0 Å². The van der Waals surface area contributed by atoms with E-state index in [0.29, 0.717) is 6.04 Å². The van der Waals surface area contributed by atoms with E-state index in [-0.39, 0.29) is 0 Å². The minimum Gasteiger partial charge on any atom is -0.310 e. The first-order chi connectivity index (χ1) is 8.93. The fraction of sp³-hybridized carbons (Fsp3) is 0.294. The Morgan fingerprint density at radius 3 is 2.61 bits per heavy atom. The lowest BCUT2D eigenvalue weighted by atomic mass is 9.91. The Bertz CT molecular complexity index is 504. The highest BCUT2D eigenvalue weighted by atomic mass is 14.9. The normalized spacial score (nSPS) is 18.3. The van der Waals surface area contributed by atoms with Crippen LogP contribution in [0.15, 0.2) is 54.6 Å². The predicted molar refractivity (Wildman–Crippen MR) is 75.7 cm³/mol. The fourth-order valence-electron chi connectivity index (χ4n) is 2.81. The molecule has 0 radical (unpaired) electrons. The van der Waals surface area contributed by atoms with E-state index < -0.39 is 0 Å². The molecule has 18 heavy (non-hydrogen) atoms. The molecular weight excluding hydrogens is 218 g/mol. The van der Waals surface area contributed by atoms with Crippen LogP contribution >= 0.6 is 0 Å². The Kier molecular flexibility index (Phi) is 3.42. The SMILES string of the molecule is c1ccc(CC[C@H]2NCCc3ccccc32)cc1. The van der Waals surface area contributed by atoms with Gasteiger partial charge in [0.15, 0.2) is 0 Å². The molecule has 0 amide bonds. The quantitative estimate of drug-likeness (QED) is 0.861. The largest absolute Gasteiger partial charge is 0.310 e. The van der Waals surface area contributed by atoms with Crippen molar-refractivity contribution in [2.75, 3.05) is 6.54 Å². The van der Waals surface area contributed by atoms with E-state index in [9.17, 15) is 0 Å². The van der Waals surface area contributed by atoms with E-state index in [2.05, 4.69) is 59.9 Å². The molecule has 1 nitrogen and oxygen atoms in total. The lowest BCUT2D eigenvalue weighted by molar-refractivity contribution is 0.475. The van der Waals surface area contributed by atoms with Crippen LogP contribution in [0.1, 0.15) is 29.2 Å². The topological polar surface area (TPSA) is 12.0 Å². The molecule has 0 spiro atoms. The van der Waals surface area contributed by atoms with Crippen molar-refractivity contribution in [3.05, 3.63) is 71.3 Å². The number of hydrogen-bond acceptors (Lipinski definition) is 1. The molecule has 2 aromatic rings. The molecule has 0 fully saturated rings. The van der Waals surface area contributed by atoms with Gasteiger partial charge in [0.25, 0.3) is 0 Å². The minimum absolute atomic E-state index is 0.523. The first-order valence-corrected chi connectivity index (χ1v) is 6.78. The minimum atomic E-state index is 0.523. The van der Waals surface area contributed by atoms with Gasteiger partial charge in [0.2, 0.25) is 0 Å². The average Bonchev–Trinajstić information content (AvgIpc) is 2.46. The molecule has 1 aliphatic rings. The summed E-state index contributed by atoms with van der Waals surface area (Å²) >= 11 is 0. The Morgan fingerprint density at radius 1 is 0.944 bits per heavy atom. The van der Waals surface area contributed by atoms with Gasteiger partial charge in [-0.2, -0.15) is 0 Å². The molecule has 3 rings (SSSR count). The highest BCUT2D eigenvalue weighted by Gasteiger charge is 2.18. The van der Waals surface area contributed by atoms with Gasteiger partial charge in [0.05, 0.1) is 0 Å². The lowest BCUT2D eigenvalue weighted by Crippen LogP contribution is -2.30. The van der Waals surface area contributed by atoms with Crippen LogP contribution in [-0.4, -0.2) is 6.54 Å². The average molecular weight is 237 g/mol. The maximum absolute atomic E-state index is 3.65. The number of fused-ring (bicyclic) bond motifs is 1. The maximum atomic E-state index is 3.65. The number of nitrogens with one attached hydrogen (secondary N) is 1. The molecule has 1 N–H and O–H groups in total. The van der Waals surface area contributed by atoms with Gasteiger partial charge in [-0.3, -0.25) is 0 Å². The summed E-state index contributed by atoms with van der Waals surface area (Å²) in [7, 11) is 0. The first-order valence-electron chi connectivity index (χ1n) is 6.78. The highest BCUT2D eigenvalue weighted by Crippen LogP contribution is 2.26. The van der Waals surface area contributed by atoms with Gasteiger partial charge in [-0.15, -0.1) is 0 Å². The van der Waals surface area contributed by atoms with Gasteiger partial charge >= 0.3 is 0 Å². The first kappa shape index (κ1) is 11.5. The van der Waals surface area contributed by atoms with Crippen molar-refractivity contribution in [2.45, 2.75) is 25.3 Å². The van der Waals surface area contributed by atoms with Gasteiger partial charge in [0.1, 0.15) is 0 Å². The van der Waals surface area contributed by atoms with Crippen molar-refractivity contribution >= 4 is 0 Å². The summed E-state index contributed by atoms with van der Waals surface area (Å²) in [5.74, 6) is 0. The number of rotatable bonds is 3. The fourth-order valence-corrected chi connectivity index (χ4v) is 2.81. The molecule has 0 aliphatic carbocycles. The Hall–Kier alpha value is -1.60. The van der Waals surface area contributed by atoms with E-state index in [1.165, 1.54) is 23.1 Å². The van der Waals surface area contributed by atoms with E-state index in [1.807, 2.05) is 0 Å². The van der Waals surface area contributed by atoms with Gasteiger partial charge in [-0.1, -0.05) is 54.6 Å². The lowest BCUT2D eigenvalue weighted by Gasteiger charge is -2.27. The summed E-state index contributed by atoms with van der Waals surface area (Å²) in [5, 5.41) is 3.65. The van der Waals surface area contributed by atoms with Gasteiger partial charge in [-0.25, -0.2) is 0 Å². The van der Waals surface area contributed by atoms with Crippen molar-refractivity contribution < 1.29 is 0 Å². The summed E-state index contributed by atoms with van der Waals surface area (Å²) in [6, 6.07) is 20.1. The monoisotopic (exact) mass is 237 g/mol. The molecule has 0 aromatic heterocycles. The van der Waals surface area contributed by atoms with Gasteiger partial charge < -0.3 is 5.32 Å². The van der Waals surface area contributed by atoms with E-state index in [1.54, 1.807) is 0 Å². The molecule has 1 atom stereocenters. The molecule has 1 aliphatic heterocycles. The molecule has 0 bridgehead atoms. The van der Waals surface area contributed by atoms with Crippen LogP contribution < -0.4 is 5.32 Å². The third-order valence-electron chi connectivity index (χ3n) is 3.78. The summed E-state index contributed by atoms with van der Waals surface area (Å²) in [5.41, 5.74) is 4.45. The highest BCUT2D eigenvalue weighted by molar-refractivity contribution is 5.32. The van der Waals surface area contributed by atoms with E-state index >= 15 is 0 Å². The summed E-state index contributed by atoms with van der Waals surface area (Å²) in [6.07, 6.45) is 3.49. The van der Waals surface area contributed by atoms with Crippen molar-refractivity contribution in [2.24, 2.45) is 0 Å². The zero-order valence-electron chi connectivity index (χ0n) is 10.6. The van der Waals surface area contributed by atoms with E-state index in [4.69, 9.17) is 0 Å². The Morgan fingerprint density at radius 2 is 1.72 bits per heavy atom. The van der Waals surface area contributed by atoms with Crippen LogP contribution in [0.2, 0.25) is 0 Å². The molecule has 92 valence electrons. The standard InChI is InChI=1S/C17H19N/c1-2-6-14(7-3-1)10-11-17-16-9-5-4-8-15(16)12-13-18-17/h1-9,17-18H,10-13H2/t17-/m1/s1. The van der Waals surface area contributed by atoms with Crippen molar-refractivity contribution in [1.29, 1.82) is 0 Å². The molecule has 0 unspecified atom stereocenters. The summed E-state index contributed by atoms with van der Waals surface area (Å²) in [4.78, 5) is 0. The second-order valence-corrected chi connectivity index (χ2v) is 4.98. The predicted octanol–water partition coefficient (Wildman–Crippen LogP) is 3.51. The van der Waals surface area contributed by atoms with Gasteiger partial charge in [0, 0.05) is 6.04 Å². The number of aryl methyl sites for hydroxylation is 1. The second kappa shape index (κ2) is 5.36. The Labute approximate surface area is 109 Å². The van der Waals surface area contributed by atoms with Crippen LogP contribution in [0.3, 0.4) is 0 Å². The molecule has 1 heteroatoms. The smallest absolute Gasteiger partial charge is 0.0326 e. The Balaban J connectivity index is 1.71. The molecular formula is C17H19N. The molecule has 2 aromatic carbocycles. The van der Waals surface area contributed by atoms with Crippen molar-refractivity contribution in [3.8, 4) is 0 Å². The third-order valence-corrected chi connectivity index (χ3v) is 3.78. The molecule has 1 heterocycles.